The van der Waals surface area contributed by atoms with Crippen LogP contribution in [0.15, 0.2) is 76.9 Å². The number of hydrogen-bond acceptors (Lipinski definition) is 4. The normalized spacial score (nSPS) is 11.0. The van der Waals surface area contributed by atoms with Crippen LogP contribution in [-0.2, 0) is 11.8 Å². The van der Waals surface area contributed by atoms with Gasteiger partial charge in [-0.1, -0.05) is 41.6 Å². The van der Waals surface area contributed by atoms with E-state index in [1.54, 1.807) is 22.6 Å². The Morgan fingerprint density at radius 3 is 2.53 bits per heavy atom. The molecule has 2 aromatic heterocycles. The van der Waals surface area contributed by atoms with Gasteiger partial charge in [0.2, 0.25) is 5.91 Å². The molecule has 0 spiro atoms. The van der Waals surface area contributed by atoms with E-state index in [1.807, 2.05) is 72.3 Å². The minimum atomic E-state index is -0.254. The van der Waals surface area contributed by atoms with Gasteiger partial charge in [-0.3, -0.25) is 18.8 Å². The van der Waals surface area contributed by atoms with Gasteiger partial charge in [0.25, 0.3) is 5.56 Å². The maximum atomic E-state index is 12.9. The average Bonchev–Trinajstić information content (AvgIpc) is 3.34. The van der Waals surface area contributed by atoms with Crippen molar-refractivity contribution in [3.63, 3.8) is 0 Å². The number of hydrogen-bond donors (Lipinski definition) is 1. The first-order valence-corrected chi connectivity index (χ1v) is 11.4. The maximum absolute atomic E-state index is 12.9. The number of nitrogens with zero attached hydrogens (tertiary/aromatic N) is 4. The van der Waals surface area contributed by atoms with Crippen LogP contribution in [0.3, 0.4) is 0 Å². The van der Waals surface area contributed by atoms with E-state index in [4.69, 9.17) is 11.6 Å². The molecular weight excluding hydrogens is 446 g/mol. The van der Waals surface area contributed by atoms with Crippen LogP contribution < -0.4 is 10.9 Å². The molecule has 2 aromatic carbocycles. The summed E-state index contributed by atoms with van der Waals surface area (Å²) in [4.78, 5) is 29.9. The Bertz CT molecular complexity index is 1290. The number of para-hydroxylation sites is 1. The number of imidazole rings is 1. The van der Waals surface area contributed by atoms with Crippen LogP contribution in [0.25, 0.3) is 11.4 Å². The number of benzene rings is 2. The van der Waals surface area contributed by atoms with Crippen LogP contribution in [0.5, 0.6) is 0 Å². The molecular formula is C23H22ClN5O2S. The van der Waals surface area contributed by atoms with Crippen molar-refractivity contribution in [1.29, 1.82) is 0 Å². The van der Waals surface area contributed by atoms with Gasteiger partial charge in [0.1, 0.15) is 5.69 Å². The van der Waals surface area contributed by atoms with E-state index in [1.165, 1.54) is 11.8 Å². The third-order valence-corrected chi connectivity index (χ3v) is 6.31. The van der Waals surface area contributed by atoms with Crippen LogP contribution in [0.2, 0.25) is 5.02 Å². The monoisotopic (exact) mass is 467 g/mol. The molecule has 0 radical (unpaired) electrons. The zero-order chi connectivity index (χ0) is 22.7. The number of aromatic nitrogens is 4. The average molecular weight is 468 g/mol. The summed E-state index contributed by atoms with van der Waals surface area (Å²) in [5.74, 6) is 0.308. The number of halogens is 1. The number of carbonyl (C=O) groups excluding carboxylic acids is 1. The van der Waals surface area contributed by atoms with Crippen molar-refractivity contribution in [2.75, 3.05) is 11.1 Å². The number of anilines is 1. The van der Waals surface area contributed by atoms with E-state index >= 15 is 0 Å². The van der Waals surface area contributed by atoms with E-state index in [0.717, 1.165) is 16.5 Å². The molecule has 0 unspecified atom stereocenters. The Labute approximate surface area is 194 Å². The molecule has 0 bridgehead atoms. The van der Waals surface area contributed by atoms with Crippen molar-refractivity contribution in [1.82, 2.24) is 18.9 Å². The van der Waals surface area contributed by atoms with E-state index < -0.39 is 0 Å². The number of rotatable bonds is 7. The molecule has 0 saturated carbocycles. The summed E-state index contributed by atoms with van der Waals surface area (Å²) in [6.07, 6.45) is 3.83. The first-order valence-electron chi connectivity index (χ1n) is 10.0. The van der Waals surface area contributed by atoms with Gasteiger partial charge in [-0.05, 0) is 43.3 Å². The fourth-order valence-electron chi connectivity index (χ4n) is 3.34. The van der Waals surface area contributed by atoms with Gasteiger partial charge < -0.3 is 5.32 Å². The largest absolute Gasteiger partial charge is 0.320 e. The summed E-state index contributed by atoms with van der Waals surface area (Å²) in [6, 6.07) is 16.8. The lowest BCUT2D eigenvalue weighted by molar-refractivity contribution is -0.115. The lowest BCUT2D eigenvalue weighted by Gasteiger charge is -2.08. The number of amides is 1. The first-order chi connectivity index (χ1) is 15.5. The molecule has 1 N–H and O–H groups in total. The summed E-state index contributed by atoms with van der Waals surface area (Å²) in [5.41, 5.74) is 2.43. The predicted molar refractivity (Wildman–Crippen MR) is 128 cm³/mol. The minimum absolute atomic E-state index is 0.215. The third-order valence-electron chi connectivity index (χ3n) is 5.09. The highest BCUT2D eigenvalue weighted by atomic mass is 35.5. The predicted octanol–water partition coefficient (Wildman–Crippen LogP) is 4.44. The Balaban J connectivity index is 1.41. The Kier molecular flexibility index (Phi) is 6.53. The SMILES string of the molecule is Cc1c(NC(=O)CCSc2nccn2-c2ccc(Cl)cc2)c(=O)n(-c2ccccc2)n1C. The minimum Gasteiger partial charge on any atom is -0.320 e. The highest BCUT2D eigenvalue weighted by molar-refractivity contribution is 7.99. The summed E-state index contributed by atoms with van der Waals surface area (Å²) in [7, 11) is 1.80. The van der Waals surface area contributed by atoms with Crippen LogP contribution in [0.4, 0.5) is 5.69 Å². The van der Waals surface area contributed by atoms with Crippen molar-refractivity contribution < 1.29 is 4.79 Å². The van der Waals surface area contributed by atoms with Crippen molar-refractivity contribution in [3.05, 3.63) is 88.1 Å². The zero-order valence-electron chi connectivity index (χ0n) is 17.7. The molecule has 7 nitrogen and oxygen atoms in total. The highest BCUT2D eigenvalue weighted by Crippen LogP contribution is 2.22. The second-order valence-corrected chi connectivity index (χ2v) is 8.64. The molecule has 0 aliphatic carbocycles. The molecule has 2 heterocycles. The Hall–Kier alpha value is -3.23. The summed E-state index contributed by atoms with van der Waals surface area (Å²) in [6.45, 7) is 1.81. The lowest BCUT2D eigenvalue weighted by Crippen LogP contribution is -2.23. The standard InChI is InChI=1S/C23H22ClN5O2S/c1-16-21(22(31)29(27(16)2)19-6-4-3-5-7-19)26-20(30)12-15-32-23-25-13-14-28(23)18-10-8-17(24)9-11-18/h3-11,13-14H,12,15H2,1-2H3,(H,26,30). The first kappa shape index (κ1) is 22.0. The molecule has 32 heavy (non-hydrogen) atoms. The van der Waals surface area contributed by atoms with Crippen molar-refractivity contribution in [2.45, 2.75) is 18.5 Å². The van der Waals surface area contributed by atoms with Crippen molar-refractivity contribution in [3.8, 4) is 11.4 Å². The summed E-state index contributed by atoms with van der Waals surface area (Å²) in [5, 5.41) is 4.24. The number of carbonyl (C=O) groups is 1. The van der Waals surface area contributed by atoms with Crippen LogP contribution in [0, 0.1) is 6.92 Å². The van der Waals surface area contributed by atoms with Gasteiger partial charge in [-0.25, -0.2) is 9.67 Å². The molecule has 0 fully saturated rings. The van der Waals surface area contributed by atoms with Gasteiger partial charge >= 0.3 is 0 Å². The van der Waals surface area contributed by atoms with Crippen molar-refractivity contribution >= 4 is 35.0 Å². The fraction of sp³-hybridized carbons (Fsp3) is 0.174. The molecule has 9 heteroatoms. The van der Waals surface area contributed by atoms with Crippen molar-refractivity contribution in [2.24, 2.45) is 7.05 Å². The number of thioether (sulfide) groups is 1. The molecule has 1 amide bonds. The fourth-order valence-corrected chi connectivity index (χ4v) is 4.38. The molecule has 4 aromatic rings. The van der Waals surface area contributed by atoms with Gasteiger partial charge in [-0.2, -0.15) is 0 Å². The van der Waals surface area contributed by atoms with E-state index in [2.05, 4.69) is 10.3 Å². The van der Waals surface area contributed by atoms with Crippen LogP contribution >= 0.6 is 23.4 Å². The van der Waals surface area contributed by atoms with Gasteiger partial charge in [0.15, 0.2) is 5.16 Å². The van der Waals surface area contributed by atoms with Gasteiger partial charge in [0, 0.05) is 42.3 Å². The quantitative estimate of drug-likeness (QED) is 0.408. The van der Waals surface area contributed by atoms with E-state index in [-0.39, 0.29) is 17.9 Å². The van der Waals surface area contributed by atoms with Gasteiger partial charge in [-0.15, -0.1) is 0 Å². The molecule has 4 rings (SSSR count). The van der Waals surface area contributed by atoms with E-state index in [9.17, 15) is 9.59 Å². The topological polar surface area (TPSA) is 73.8 Å². The van der Waals surface area contributed by atoms with Crippen LogP contribution in [0.1, 0.15) is 12.1 Å². The van der Waals surface area contributed by atoms with Crippen LogP contribution in [-0.4, -0.2) is 30.6 Å². The molecule has 0 aliphatic rings. The maximum Gasteiger partial charge on any atom is 0.295 e. The van der Waals surface area contributed by atoms with E-state index in [0.29, 0.717) is 22.2 Å². The molecule has 164 valence electrons. The van der Waals surface area contributed by atoms with Gasteiger partial charge in [0.05, 0.1) is 11.4 Å². The Morgan fingerprint density at radius 1 is 1.09 bits per heavy atom. The zero-order valence-corrected chi connectivity index (χ0v) is 19.2. The lowest BCUT2D eigenvalue weighted by atomic mass is 10.3. The molecule has 0 atom stereocenters. The third kappa shape index (κ3) is 4.51. The smallest absolute Gasteiger partial charge is 0.295 e. The summed E-state index contributed by atoms with van der Waals surface area (Å²) < 4.78 is 5.23. The Morgan fingerprint density at radius 2 is 1.81 bits per heavy atom. The highest BCUT2D eigenvalue weighted by Gasteiger charge is 2.18. The number of nitrogens with one attached hydrogen (secondary N) is 1. The molecule has 0 saturated heterocycles. The second kappa shape index (κ2) is 9.50. The second-order valence-electron chi connectivity index (χ2n) is 7.14. The molecule has 0 aliphatic heterocycles. The summed E-state index contributed by atoms with van der Waals surface area (Å²) >= 11 is 7.44.